The van der Waals surface area contributed by atoms with E-state index in [1.165, 1.54) is 0 Å². The van der Waals surface area contributed by atoms with Crippen molar-refractivity contribution in [3.8, 4) is 0 Å². The molecule has 0 heterocycles. The van der Waals surface area contributed by atoms with Gasteiger partial charge in [0.15, 0.2) is 0 Å². The minimum atomic E-state index is -6.62. The van der Waals surface area contributed by atoms with Gasteiger partial charge in [-0.05, 0) is 0 Å². The molecule has 0 radical (unpaired) electrons. The number of rotatable bonds is 0. The van der Waals surface area contributed by atoms with Gasteiger partial charge in [-0.3, -0.25) is 0 Å². The molecule has 0 bridgehead atoms. The van der Waals surface area contributed by atoms with Gasteiger partial charge in [0.05, 0.1) is 0 Å². The summed E-state index contributed by atoms with van der Waals surface area (Å²) >= 11 is 0. The topological polar surface area (TPSA) is 0 Å². The van der Waals surface area contributed by atoms with Crippen LogP contribution >= 0.6 is 0 Å². The molecule has 0 rings (SSSR count). The first kappa shape index (κ1) is 15.5. The molecule has 0 unspecified atom stereocenters. The molecule has 0 aromatic heterocycles. The smallest absolute Gasteiger partial charge is 1.00 e. The first-order valence-electron chi connectivity index (χ1n) is 2.01. The van der Waals surface area contributed by atoms with Crippen molar-refractivity contribution in [2.75, 3.05) is 0 Å². The van der Waals surface area contributed by atoms with Crippen molar-refractivity contribution in [1.29, 1.82) is 0 Å². The SMILES string of the molecule is FC(F)(F)C(F)(F)C(F)(F)F.[H-].[K+]. The van der Waals surface area contributed by atoms with Crippen LogP contribution in [0.5, 0.6) is 0 Å². The third kappa shape index (κ3) is 3.09. The Morgan fingerprint density at radius 3 is 0.750 bits per heavy atom. The van der Waals surface area contributed by atoms with Crippen LogP contribution < -0.4 is 51.4 Å². The molecule has 0 aliphatic heterocycles. The van der Waals surface area contributed by atoms with Crippen molar-refractivity contribution in [3.05, 3.63) is 0 Å². The maximum atomic E-state index is 11.2. The van der Waals surface area contributed by atoms with Crippen LogP contribution in [0.3, 0.4) is 0 Å². The molecule has 0 N–H and O–H groups in total. The fourth-order valence-electron chi connectivity index (χ4n) is 0.161. The summed E-state index contributed by atoms with van der Waals surface area (Å²) in [7, 11) is 0. The number of hydrogen-bond acceptors (Lipinski definition) is 0. The molecule has 0 amide bonds. The first-order chi connectivity index (χ1) is 4.50. The molecule has 0 spiro atoms. The van der Waals surface area contributed by atoms with E-state index in [1.54, 1.807) is 0 Å². The Balaban J connectivity index is -0.000000500. The average molecular weight is 228 g/mol. The van der Waals surface area contributed by atoms with Gasteiger partial charge in [0, 0.05) is 0 Å². The maximum Gasteiger partial charge on any atom is 1.00 e. The summed E-state index contributed by atoms with van der Waals surface area (Å²) in [4.78, 5) is 0. The van der Waals surface area contributed by atoms with Crippen molar-refractivity contribution < 1.29 is 87.9 Å². The summed E-state index contributed by atoms with van der Waals surface area (Å²) in [5.41, 5.74) is 0. The quantitative estimate of drug-likeness (QED) is 0.400. The third-order valence-electron chi connectivity index (χ3n) is 0.712. The van der Waals surface area contributed by atoms with Crippen LogP contribution in [0, 0.1) is 0 Å². The Hall–Kier alpha value is 1.08. The van der Waals surface area contributed by atoms with Gasteiger partial charge in [-0.2, -0.15) is 35.1 Å². The Morgan fingerprint density at radius 2 is 0.750 bits per heavy atom. The summed E-state index contributed by atoms with van der Waals surface area (Å²) < 4.78 is 87.5. The molecule has 0 saturated heterocycles. The van der Waals surface area contributed by atoms with Crippen LogP contribution in [0.15, 0.2) is 0 Å². The fourth-order valence-corrected chi connectivity index (χ4v) is 0.161. The molecule has 0 aliphatic rings. The van der Waals surface area contributed by atoms with Crippen molar-refractivity contribution in [1.82, 2.24) is 0 Å². The molecule has 0 aromatic rings. The van der Waals surface area contributed by atoms with E-state index in [4.69, 9.17) is 0 Å². The van der Waals surface area contributed by atoms with E-state index in [-0.39, 0.29) is 52.8 Å². The van der Waals surface area contributed by atoms with Gasteiger partial charge in [-0.1, -0.05) is 0 Å². The van der Waals surface area contributed by atoms with Gasteiger partial charge in [0.2, 0.25) is 0 Å². The van der Waals surface area contributed by atoms with E-state index >= 15 is 0 Å². The van der Waals surface area contributed by atoms with Crippen molar-refractivity contribution in [2.45, 2.75) is 18.3 Å². The largest absolute Gasteiger partial charge is 1.00 e. The van der Waals surface area contributed by atoms with Crippen molar-refractivity contribution in [3.63, 3.8) is 0 Å². The standard InChI is InChI=1S/C3F8.K.H/c4-1(5,2(6,7)8)3(9,10)11;;/q;+1;-1. The van der Waals surface area contributed by atoms with Crippen LogP contribution in [-0.2, 0) is 0 Å². The molecule has 0 aromatic carbocycles. The zero-order valence-corrected chi connectivity index (χ0v) is 8.65. The number of alkyl halides is 8. The monoisotopic (exact) mass is 228 g/mol. The summed E-state index contributed by atoms with van der Waals surface area (Å²) in [6, 6.07) is 0. The predicted molar refractivity (Wildman–Crippen MR) is 18.2 cm³/mol. The van der Waals surface area contributed by atoms with E-state index in [2.05, 4.69) is 0 Å². The summed E-state index contributed by atoms with van der Waals surface area (Å²) in [6.45, 7) is 0. The third-order valence-corrected chi connectivity index (χ3v) is 0.712. The molecule has 0 nitrogen and oxygen atoms in total. The molecular weight excluding hydrogens is 227 g/mol. The second kappa shape index (κ2) is 4.07. The maximum absolute atomic E-state index is 11.2. The molecule has 70 valence electrons. The fraction of sp³-hybridized carbons (Fsp3) is 1.00. The Morgan fingerprint density at radius 1 is 0.583 bits per heavy atom. The van der Waals surface area contributed by atoms with E-state index in [9.17, 15) is 35.1 Å². The molecule has 9 heteroatoms. The van der Waals surface area contributed by atoms with E-state index < -0.39 is 18.3 Å². The second-order valence-electron chi connectivity index (χ2n) is 1.57. The van der Waals surface area contributed by atoms with Crippen LogP contribution in [0.1, 0.15) is 1.43 Å². The Bertz CT molecular complexity index is 130. The number of hydrogen-bond donors (Lipinski definition) is 0. The minimum absolute atomic E-state index is 0. The second-order valence-corrected chi connectivity index (χ2v) is 1.57. The molecule has 0 fully saturated rings. The van der Waals surface area contributed by atoms with Crippen molar-refractivity contribution in [2.24, 2.45) is 0 Å². The van der Waals surface area contributed by atoms with Gasteiger partial charge >= 0.3 is 69.7 Å². The number of halogens is 8. The summed E-state index contributed by atoms with van der Waals surface area (Å²) in [6.07, 6.45) is -13.2. The van der Waals surface area contributed by atoms with Crippen LogP contribution in [0.25, 0.3) is 0 Å². The Kier molecular flexibility index (Phi) is 5.27. The average Bonchev–Trinajstić information content (AvgIpc) is 1.58. The van der Waals surface area contributed by atoms with E-state index in [0.717, 1.165) is 0 Å². The normalized spacial score (nSPS) is 14.0. The molecular formula is C3HF8K. The van der Waals surface area contributed by atoms with Gasteiger partial charge in [0.1, 0.15) is 0 Å². The van der Waals surface area contributed by atoms with Gasteiger partial charge in [-0.25, -0.2) is 0 Å². The zero-order chi connectivity index (χ0) is 9.50. The predicted octanol–water partition coefficient (Wildman–Crippen LogP) is -0.137. The van der Waals surface area contributed by atoms with Crippen LogP contribution in [0.2, 0.25) is 0 Å². The molecule has 0 atom stereocenters. The summed E-state index contributed by atoms with van der Waals surface area (Å²) in [5, 5.41) is 0. The molecule has 0 saturated carbocycles. The molecule has 0 aliphatic carbocycles. The van der Waals surface area contributed by atoms with Crippen molar-refractivity contribution >= 4 is 0 Å². The van der Waals surface area contributed by atoms with Gasteiger partial charge in [-0.15, -0.1) is 0 Å². The first-order valence-corrected chi connectivity index (χ1v) is 2.01. The Labute approximate surface area is 105 Å². The minimum Gasteiger partial charge on any atom is -1.00 e. The van der Waals surface area contributed by atoms with Crippen LogP contribution in [0.4, 0.5) is 35.1 Å². The molecule has 12 heavy (non-hydrogen) atoms. The van der Waals surface area contributed by atoms with Crippen LogP contribution in [-0.4, -0.2) is 18.3 Å². The van der Waals surface area contributed by atoms with E-state index in [1.807, 2.05) is 0 Å². The zero-order valence-electron chi connectivity index (χ0n) is 6.52. The van der Waals surface area contributed by atoms with E-state index in [0.29, 0.717) is 0 Å². The van der Waals surface area contributed by atoms with Gasteiger partial charge in [0.25, 0.3) is 0 Å². The van der Waals surface area contributed by atoms with Gasteiger partial charge < -0.3 is 1.43 Å². The summed E-state index contributed by atoms with van der Waals surface area (Å²) in [5.74, 6) is -6.62.